The first-order valence-electron chi connectivity index (χ1n) is 9.73. The number of aryl methyl sites for hydroxylation is 2. The van der Waals surface area contributed by atoms with Gasteiger partial charge in [0.1, 0.15) is 5.71 Å². The zero-order chi connectivity index (χ0) is 19.4. The molecule has 5 nitrogen and oxygen atoms in total. The van der Waals surface area contributed by atoms with Gasteiger partial charge in [-0.2, -0.15) is 5.10 Å². The van der Waals surface area contributed by atoms with E-state index in [9.17, 15) is 9.59 Å². The SMILES string of the molecule is C#CCN(C(=O)C1=NN(c2cc(C)ccc2C)C(=O)CC1)C1CCCCC1. The van der Waals surface area contributed by atoms with Crippen molar-refractivity contribution in [2.75, 3.05) is 11.6 Å². The molecule has 0 radical (unpaired) electrons. The van der Waals surface area contributed by atoms with Crippen LogP contribution in [0.25, 0.3) is 0 Å². The summed E-state index contributed by atoms with van der Waals surface area (Å²) in [6.07, 6.45) is 11.6. The zero-order valence-corrected chi connectivity index (χ0v) is 16.2. The summed E-state index contributed by atoms with van der Waals surface area (Å²) in [7, 11) is 0. The Morgan fingerprint density at radius 1 is 1.26 bits per heavy atom. The molecule has 2 amide bonds. The highest BCUT2D eigenvalue weighted by atomic mass is 16.2. The average Bonchev–Trinajstić information content (AvgIpc) is 2.68. The fourth-order valence-electron chi connectivity index (χ4n) is 3.87. The normalized spacial score (nSPS) is 18.0. The maximum Gasteiger partial charge on any atom is 0.271 e. The predicted molar refractivity (Wildman–Crippen MR) is 107 cm³/mol. The van der Waals surface area contributed by atoms with Crippen molar-refractivity contribution in [1.82, 2.24) is 4.90 Å². The monoisotopic (exact) mass is 365 g/mol. The lowest BCUT2D eigenvalue weighted by Gasteiger charge is -2.34. The number of carbonyl (C=O) groups excluding carboxylic acids is 2. The molecular formula is C22H27N3O2. The number of anilines is 1. The number of carbonyl (C=O) groups is 2. The van der Waals surface area contributed by atoms with Crippen molar-refractivity contribution in [2.45, 2.75) is 64.8 Å². The second kappa shape index (κ2) is 8.39. The van der Waals surface area contributed by atoms with Gasteiger partial charge in [-0.15, -0.1) is 6.42 Å². The van der Waals surface area contributed by atoms with E-state index < -0.39 is 0 Å². The van der Waals surface area contributed by atoms with Crippen LogP contribution in [0, 0.1) is 26.2 Å². The fraction of sp³-hybridized carbons (Fsp3) is 0.500. The molecule has 142 valence electrons. The van der Waals surface area contributed by atoms with E-state index in [1.165, 1.54) is 11.4 Å². The van der Waals surface area contributed by atoms with Gasteiger partial charge in [0, 0.05) is 18.9 Å². The number of benzene rings is 1. The third-order valence-electron chi connectivity index (χ3n) is 5.41. The lowest BCUT2D eigenvalue weighted by atomic mass is 9.93. The summed E-state index contributed by atoms with van der Waals surface area (Å²) in [5.74, 6) is 2.42. The number of hydrogen-bond acceptors (Lipinski definition) is 3. The van der Waals surface area contributed by atoms with E-state index in [0.717, 1.165) is 42.5 Å². The van der Waals surface area contributed by atoms with Crippen LogP contribution in [-0.4, -0.2) is 35.0 Å². The minimum absolute atomic E-state index is 0.0820. The molecule has 1 aliphatic carbocycles. The van der Waals surface area contributed by atoms with Gasteiger partial charge < -0.3 is 4.90 Å². The smallest absolute Gasteiger partial charge is 0.271 e. The molecule has 0 atom stereocenters. The Bertz CT molecular complexity index is 800. The van der Waals surface area contributed by atoms with Crippen LogP contribution in [0.2, 0.25) is 0 Å². The number of hydrogen-bond donors (Lipinski definition) is 0. The minimum atomic E-state index is -0.123. The summed E-state index contributed by atoms with van der Waals surface area (Å²) in [6, 6.07) is 6.08. The summed E-state index contributed by atoms with van der Waals surface area (Å²) in [5.41, 5.74) is 3.18. The number of terminal acetylenes is 1. The van der Waals surface area contributed by atoms with Crippen molar-refractivity contribution in [3.05, 3.63) is 29.3 Å². The van der Waals surface area contributed by atoms with Gasteiger partial charge in [-0.25, -0.2) is 5.01 Å². The van der Waals surface area contributed by atoms with Crippen molar-refractivity contribution in [1.29, 1.82) is 0 Å². The summed E-state index contributed by atoms with van der Waals surface area (Å²) in [4.78, 5) is 27.5. The summed E-state index contributed by atoms with van der Waals surface area (Å²) in [5, 5.41) is 5.87. The van der Waals surface area contributed by atoms with E-state index in [-0.39, 0.29) is 24.3 Å². The predicted octanol–water partition coefficient (Wildman–Crippen LogP) is 3.58. The largest absolute Gasteiger partial charge is 0.323 e. The molecule has 1 fully saturated rings. The summed E-state index contributed by atoms with van der Waals surface area (Å²) in [6.45, 7) is 4.21. The minimum Gasteiger partial charge on any atom is -0.323 e. The van der Waals surface area contributed by atoms with Gasteiger partial charge in [-0.05, 0) is 43.9 Å². The molecule has 0 bridgehead atoms. The number of rotatable bonds is 4. The lowest BCUT2D eigenvalue weighted by molar-refractivity contribution is -0.126. The van der Waals surface area contributed by atoms with E-state index >= 15 is 0 Å². The van der Waals surface area contributed by atoms with E-state index in [1.54, 1.807) is 4.90 Å². The molecule has 0 aromatic heterocycles. The molecule has 0 unspecified atom stereocenters. The first-order valence-corrected chi connectivity index (χ1v) is 9.73. The molecule has 5 heteroatoms. The van der Waals surface area contributed by atoms with Gasteiger partial charge in [-0.3, -0.25) is 9.59 Å². The van der Waals surface area contributed by atoms with E-state index in [4.69, 9.17) is 6.42 Å². The molecule has 3 rings (SSSR count). The van der Waals surface area contributed by atoms with Crippen LogP contribution in [0.4, 0.5) is 5.69 Å². The molecule has 1 aliphatic heterocycles. The van der Waals surface area contributed by atoms with Crippen molar-refractivity contribution in [3.8, 4) is 12.3 Å². The topological polar surface area (TPSA) is 53.0 Å². The molecule has 1 aromatic rings. The standard InChI is InChI=1S/C22H27N3O2/c1-4-14-24(18-8-6-5-7-9-18)22(27)19-12-13-21(26)25(23-19)20-15-16(2)10-11-17(20)3/h1,10-11,15,18H,5-9,12-14H2,2-3H3. The third-order valence-corrected chi connectivity index (χ3v) is 5.41. The van der Waals surface area contributed by atoms with Crippen LogP contribution < -0.4 is 5.01 Å². The van der Waals surface area contributed by atoms with Crippen molar-refractivity contribution < 1.29 is 9.59 Å². The van der Waals surface area contributed by atoms with Crippen molar-refractivity contribution in [3.63, 3.8) is 0 Å². The molecule has 27 heavy (non-hydrogen) atoms. The van der Waals surface area contributed by atoms with E-state index in [1.807, 2.05) is 32.0 Å². The summed E-state index contributed by atoms with van der Waals surface area (Å²) < 4.78 is 0. The van der Waals surface area contributed by atoms with Gasteiger partial charge in [0.2, 0.25) is 5.91 Å². The first-order chi connectivity index (χ1) is 13.0. The van der Waals surface area contributed by atoms with Crippen LogP contribution in [0.5, 0.6) is 0 Å². The summed E-state index contributed by atoms with van der Waals surface area (Å²) >= 11 is 0. The van der Waals surface area contributed by atoms with Gasteiger partial charge in [0.15, 0.2) is 0 Å². The van der Waals surface area contributed by atoms with E-state index in [2.05, 4.69) is 11.0 Å². The van der Waals surface area contributed by atoms with Crippen molar-refractivity contribution in [2.24, 2.45) is 5.10 Å². The zero-order valence-electron chi connectivity index (χ0n) is 16.2. The number of nitrogens with zero attached hydrogens (tertiary/aromatic N) is 3. The third kappa shape index (κ3) is 4.21. The van der Waals surface area contributed by atoms with Crippen LogP contribution >= 0.6 is 0 Å². The van der Waals surface area contributed by atoms with Crippen LogP contribution in [0.1, 0.15) is 56.1 Å². The fourth-order valence-corrected chi connectivity index (χ4v) is 3.87. The number of hydrazone groups is 1. The van der Waals surface area contributed by atoms with Gasteiger partial charge in [-0.1, -0.05) is 37.3 Å². The molecule has 1 aromatic carbocycles. The first kappa shape index (κ1) is 19.2. The van der Waals surface area contributed by atoms with Crippen molar-refractivity contribution >= 4 is 23.2 Å². The quantitative estimate of drug-likeness (QED) is 0.766. The van der Waals surface area contributed by atoms with Crippen LogP contribution in [-0.2, 0) is 9.59 Å². The highest BCUT2D eigenvalue weighted by Gasteiger charge is 2.32. The van der Waals surface area contributed by atoms with Crippen LogP contribution in [0.15, 0.2) is 23.3 Å². The van der Waals surface area contributed by atoms with Crippen LogP contribution in [0.3, 0.4) is 0 Å². The molecule has 1 saturated carbocycles. The lowest BCUT2D eigenvalue weighted by Crippen LogP contribution is -2.47. The molecule has 2 aliphatic rings. The maximum atomic E-state index is 13.2. The Morgan fingerprint density at radius 2 is 2.00 bits per heavy atom. The second-order valence-corrected chi connectivity index (χ2v) is 7.47. The molecule has 0 N–H and O–H groups in total. The highest BCUT2D eigenvalue weighted by molar-refractivity contribution is 6.40. The number of amides is 2. The van der Waals surface area contributed by atoms with Gasteiger partial charge >= 0.3 is 0 Å². The molecule has 0 saturated heterocycles. The Balaban J connectivity index is 1.89. The molecular weight excluding hydrogens is 338 g/mol. The maximum absolute atomic E-state index is 13.2. The second-order valence-electron chi connectivity index (χ2n) is 7.47. The van der Waals surface area contributed by atoms with Gasteiger partial charge in [0.05, 0.1) is 12.2 Å². The Morgan fingerprint density at radius 3 is 2.70 bits per heavy atom. The Kier molecular flexibility index (Phi) is 5.95. The van der Waals surface area contributed by atoms with Gasteiger partial charge in [0.25, 0.3) is 5.91 Å². The van der Waals surface area contributed by atoms with E-state index in [0.29, 0.717) is 18.7 Å². The average molecular weight is 365 g/mol. The highest BCUT2D eigenvalue weighted by Crippen LogP contribution is 2.27. The Labute approximate surface area is 161 Å². The Hall–Kier alpha value is -2.61. The molecule has 1 heterocycles. The molecule has 0 spiro atoms.